The van der Waals surface area contributed by atoms with Gasteiger partial charge in [-0.2, -0.15) is 0 Å². The lowest BCUT2D eigenvalue weighted by molar-refractivity contribution is -0.174. The zero-order valence-corrected chi connectivity index (χ0v) is 11.1. The van der Waals surface area contributed by atoms with Crippen molar-refractivity contribution in [1.82, 2.24) is 0 Å². The van der Waals surface area contributed by atoms with Crippen molar-refractivity contribution in [3.05, 3.63) is 20.9 Å². The highest BCUT2D eigenvalue weighted by molar-refractivity contribution is 4.88. The number of ether oxygens (including phenoxy) is 2. The predicted molar refractivity (Wildman–Crippen MR) is 69.6 cm³/mol. The Labute approximate surface area is 116 Å². The van der Waals surface area contributed by atoms with Gasteiger partial charge in [0.25, 0.3) is 0 Å². The van der Waals surface area contributed by atoms with Crippen LogP contribution < -0.4 is 0 Å². The second-order valence-corrected chi connectivity index (χ2v) is 5.13. The van der Waals surface area contributed by atoms with Gasteiger partial charge in [0, 0.05) is 28.3 Å². The smallest absolute Gasteiger partial charge is 0.158 e. The van der Waals surface area contributed by atoms with Crippen molar-refractivity contribution < 1.29 is 14.6 Å². The lowest BCUT2D eigenvalue weighted by Gasteiger charge is -2.32. The zero-order chi connectivity index (χ0) is 14.4. The van der Waals surface area contributed by atoms with E-state index >= 15 is 0 Å². The molecular weight excluding hydrogens is 264 g/mol. The minimum absolute atomic E-state index is 0.00672. The molecule has 1 aliphatic carbocycles. The number of rotatable bonds is 5. The summed E-state index contributed by atoms with van der Waals surface area (Å²) in [6.45, 7) is -0.00672. The Morgan fingerprint density at radius 3 is 2.25 bits per heavy atom. The minimum Gasteiger partial charge on any atom is -0.394 e. The predicted octanol–water partition coefficient (Wildman–Crippen LogP) is 2.41. The summed E-state index contributed by atoms with van der Waals surface area (Å²) in [6, 6.07) is -0.436. The molecule has 1 heterocycles. The van der Waals surface area contributed by atoms with Crippen LogP contribution in [-0.4, -0.2) is 42.3 Å². The number of aliphatic hydroxyl groups excluding tert-OH is 1. The summed E-state index contributed by atoms with van der Waals surface area (Å²) >= 11 is 0. The van der Waals surface area contributed by atoms with Crippen molar-refractivity contribution in [3.63, 3.8) is 0 Å². The lowest BCUT2D eigenvalue weighted by Crippen LogP contribution is -2.35. The van der Waals surface area contributed by atoms with E-state index < -0.39 is 0 Å². The van der Waals surface area contributed by atoms with Crippen molar-refractivity contribution in [2.75, 3.05) is 6.61 Å². The van der Waals surface area contributed by atoms with Crippen molar-refractivity contribution >= 4 is 0 Å². The van der Waals surface area contributed by atoms with Crippen molar-refractivity contribution in [2.45, 2.75) is 62.7 Å². The van der Waals surface area contributed by atoms with Gasteiger partial charge in [-0.25, -0.2) is 0 Å². The number of hydrogen-bond acceptors (Lipinski definition) is 5. The van der Waals surface area contributed by atoms with E-state index in [2.05, 4.69) is 20.1 Å². The van der Waals surface area contributed by atoms with Crippen LogP contribution in [0.5, 0.6) is 0 Å². The van der Waals surface area contributed by atoms with Gasteiger partial charge in [-0.1, -0.05) is 10.2 Å². The fraction of sp³-hybridized carbons (Fsp3) is 1.00. The molecule has 2 fully saturated rings. The first-order chi connectivity index (χ1) is 9.75. The van der Waals surface area contributed by atoms with Gasteiger partial charge in [-0.15, -0.1) is 0 Å². The molecule has 0 aromatic rings. The third kappa shape index (κ3) is 4.00. The third-order valence-corrected chi connectivity index (χ3v) is 3.66. The highest BCUT2D eigenvalue weighted by Gasteiger charge is 2.33. The molecule has 0 radical (unpaired) electrons. The Bertz CT molecular complexity index is 394. The van der Waals surface area contributed by atoms with Gasteiger partial charge in [-0.3, -0.25) is 0 Å². The SMILES string of the molecule is [N-]=[N+]=NC1CC(N=[N+]=[N-])CC(O[C@H]2CC[C@@H](CO)O2)C1. The van der Waals surface area contributed by atoms with Gasteiger partial charge in [0.15, 0.2) is 6.29 Å². The summed E-state index contributed by atoms with van der Waals surface area (Å²) in [4.78, 5) is 5.63. The largest absolute Gasteiger partial charge is 0.394 e. The molecule has 1 N–H and O–H groups in total. The Balaban J connectivity index is 1.92. The van der Waals surface area contributed by atoms with Crippen molar-refractivity contribution in [2.24, 2.45) is 10.2 Å². The van der Waals surface area contributed by atoms with Crippen LogP contribution in [0.25, 0.3) is 20.9 Å². The molecule has 1 saturated heterocycles. The number of nitrogens with zero attached hydrogens (tertiary/aromatic N) is 6. The quantitative estimate of drug-likeness (QED) is 0.470. The van der Waals surface area contributed by atoms with E-state index in [4.69, 9.17) is 25.6 Å². The molecule has 20 heavy (non-hydrogen) atoms. The monoisotopic (exact) mass is 282 g/mol. The van der Waals surface area contributed by atoms with Crippen LogP contribution in [0.4, 0.5) is 0 Å². The maximum absolute atomic E-state index is 9.02. The molecule has 2 rings (SSSR count). The molecule has 2 aliphatic rings. The van der Waals surface area contributed by atoms with Crippen LogP contribution in [0, 0.1) is 0 Å². The van der Waals surface area contributed by atoms with Gasteiger partial charge >= 0.3 is 0 Å². The van der Waals surface area contributed by atoms with E-state index in [1.165, 1.54) is 0 Å². The van der Waals surface area contributed by atoms with E-state index in [-0.39, 0.29) is 37.2 Å². The number of aliphatic hydroxyl groups is 1. The highest BCUT2D eigenvalue weighted by atomic mass is 16.7. The average Bonchev–Trinajstić information content (AvgIpc) is 2.87. The van der Waals surface area contributed by atoms with Gasteiger partial charge in [-0.05, 0) is 36.7 Å². The standard InChI is InChI=1S/C11H18N6O3/c12-16-14-7-3-8(15-17-13)5-10(4-7)20-11-2-1-9(6-18)19-11/h7-11,18H,1-6H2/t7?,8?,9-,10?,11-/m0/s1. The van der Waals surface area contributed by atoms with Gasteiger partial charge < -0.3 is 14.6 Å². The summed E-state index contributed by atoms with van der Waals surface area (Å²) in [5.41, 5.74) is 17.1. The molecule has 110 valence electrons. The maximum atomic E-state index is 9.02. The van der Waals surface area contributed by atoms with E-state index in [9.17, 15) is 0 Å². The Morgan fingerprint density at radius 2 is 1.75 bits per heavy atom. The first-order valence-electron chi connectivity index (χ1n) is 6.75. The van der Waals surface area contributed by atoms with Crippen molar-refractivity contribution in [3.8, 4) is 0 Å². The molecular formula is C11H18N6O3. The normalized spacial score (nSPS) is 37.0. The van der Waals surface area contributed by atoms with E-state index in [1.807, 2.05) is 0 Å². The minimum atomic E-state index is -0.339. The molecule has 1 aliphatic heterocycles. The highest BCUT2D eigenvalue weighted by Crippen LogP contribution is 2.30. The van der Waals surface area contributed by atoms with Gasteiger partial charge in [0.1, 0.15) is 0 Å². The zero-order valence-electron chi connectivity index (χ0n) is 11.1. The fourth-order valence-corrected chi connectivity index (χ4v) is 2.78. The molecule has 9 heteroatoms. The van der Waals surface area contributed by atoms with Gasteiger partial charge in [0.2, 0.25) is 0 Å². The molecule has 0 spiro atoms. The Morgan fingerprint density at radius 1 is 1.10 bits per heavy atom. The van der Waals surface area contributed by atoms with Crippen LogP contribution in [0.15, 0.2) is 10.2 Å². The first-order valence-corrected chi connectivity index (χ1v) is 6.75. The maximum Gasteiger partial charge on any atom is 0.158 e. The molecule has 1 saturated carbocycles. The van der Waals surface area contributed by atoms with Crippen molar-refractivity contribution in [1.29, 1.82) is 0 Å². The van der Waals surface area contributed by atoms with Crippen LogP contribution in [-0.2, 0) is 9.47 Å². The van der Waals surface area contributed by atoms with Crippen LogP contribution >= 0.6 is 0 Å². The van der Waals surface area contributed by atoms with Crippen LogP contribution in [0.2, 0.25) is 0 Å². The molecule has 0 aromatic carbocycles. The lowest BCUT2D eigenvalue weighted by atomic mass is 9.89. The van der Waals surface area contributed by atoms with E-state index in [0.717, 1.165) is 12.8 Å². The van der Waals surface area contributed by atoms with E-state index in [1.54, 1.807) is 0 Å². The number of hydrogen-bond donors (Lipinski definition) is 1. The molecule has 9 nitrogen and oxygen atoms in total. The third-order valence-electron chi connectivity index (χ3n) is 3.66. The topological polar surface area (TPSA) is 136 Å². The second kappa shape index (κ2) is 7.33. The summed E-state index contributed by atoms with van der Waals surface area (Å²) in [6.07, 6.45) is 2.61. The fourth-order valence-electron chi connectivity index (χ4n) is 2.78. The van der Waals surface area contributed by atoms with Crippen LogP contribution in [0.1, 0.15) is 32.1 Å². The summed E-state index contributed by atoms with van der Waals surface area (Å²) in [7, 11) is 0. The molecule has 4 atom stereocenters. The van der Waals surface area contributed by atoms with E-state index in [0.29, 0.717) is 19.3 Å². The number of azide groups is 2. The summed E-state index contributed by atoms with van der Waals surface area (Å²) in [5, 5.41) is 16.4. The summed E-state index contributed by atoms with van der Waals surface area (Å²) < 4.78 is 11.4. The van der Waals surface area contributed by atoms with Gasteiger partial charge in [0.05, 0.1) is 18.8 Å². The summed E-state index contributed by atoms with van der Waals surface area (Å²) in [5.74, 6) is 0. The molecule has 0 bridgehead atoms. The molecule has 0 amide bonds. The Kier molecular flexibility index (Phi) is 5.46. The second-order valence-electron chi connectivity index (χ2n) is 5.13. The Hall–Kier alpha value is -1.50. The molecule has 2 unspecified atom stereocenters. The molecule has 0 aromatic heterocycles. The first kappa shape index (κ1) is 14.9. The average molecular weight is 282 g/mol. The van der Waals surface area contributed by atoms with Crippen LogP contribution in [0.3, 0.4) is 0 Å².